The molecular weight excluding hydrogens is 190 g/mol. The van der Waals surface area contributed by atoms with Gasteiger partial charge in [-0.15, -0.1) is 0 Å². The molecule has 3 heteroatoms. The van der Waals surface area contributed by atoms with Crippen molar-refractivity contribution < 1.29 is 9.53 Å². The summed E-state index contributed by atoms with van der Waals surface area (Å²) >= 11 is 0. The first-order valence-corrected chi connectivity index (χ1v) is 5.86. The van der Waals surface area contributed by atoms with Gasteiger partial charge in [0.2, 0.25) is 5.91 Å². The third kappa shape index (κ3) is 2.40. The van der Waals surface area contributed by atoms with Gasteiger partial charge in [-0.1, -0.05) is 13.0 Å². The van der Waals surface area contributed by atoms with Crippen molar-refractivity contribution in [2.45, 2.75) is 44.2 Å². The minimum Gasteiger partial charge on any atom is -0.376 e. The summed E-state index contributed by atoms with van der Waals surface area (Å²) in [6, 6.07) is 0.215. The third-order valence-electron chi connectivity index (χ3n) is 3.52. The summed E-state index contributed by atoms with van der Waals surface area (Å²) in [5.74, 6) is 0.555. The van der Waals surface area contributed by atoms with Gasteiger partial charge in [0.05, 0.1) is 12.1 Å². The minimum absolute atomic E-state index is 0.0672. The molecule has 1 saturated carbocycles. The first-order valence-electron chi connectivity index (χ1n) is 5.86. The maximum atomic E-state index is 11.3. The number of hydrogen-bond donors (Lipinski definition) is 1. The van der Waals surface area contributed by atoms with Crippen molar-refractivity contribution in [2.75, 3.05) is 6.61 Å². The maximum absolute atomic E-state index is 11.3. The summed E-state index contributed by atoms with van der Waals surface area (Å²) < 4.78 is 5.67. The Kier molecular flexibility index (Phi) is 3.41. The molecule has 1 heterocycles. The molecule has 2 rings (SSSR count). The lowest BCUT2D eigenvalue weighted by Gasteiger charge is -2.37. The van der Waals surface area contributed by atoms with Gasteiger partial charge < -0.3 is 10.1 Å². The molecule has 0 bridgehead atoms. The van der Waals surface area contributed by atoms with Crippen LogP contribution in [0.5, 0.6) is 0 Å². The van der Waals surface area contributed by atoms with Crippen molar-refractivity contribution in [3.8, 4) is 0 Å². The van der Waals surface area contributed by atoms with Gasteiger partial charge in [-0.25, -0.2) is 0 Å². The van der Waals surface area contributed by atoms with Gasteiger partial charge in [0, 0.05) is 6.61 Å². The van der Waals surface area contributed by atoms with Crippen LogP contribution in [-0.2, 0) is 9.53 Å². The molecule has 0 aromatic carbocycles. The van der Waals surface area contributed by atoms with Crippen LogP contribution in [0.15, 0.2) is 12.7 Å². The Morgan fingerprint density at radius 2 is 2.20 bits per heavy atom. The van der Waals surface area contributed by atoms with Crippen molar-refractivity contribution in [3.05, 3.63) is 12.7 Å². The van der Waals surface area contributed by atoms with E-state index in [1.165, 1.54) is 25.3 Å². The van der Waals surface area contributed by atoms with Crippen LogP contribution in [-0.4, -0.2) is 24.7 Å². The summed E-state index contributed by atoms with van der Waals surface area (Å²) in [7, 11) is 0. The van der Waals surface area contributed by atoms with E-state index < -0.39 is 0 Å². The molecule has 1 amide bonds. The standard InChI is InChI=1S/C12H19NO2/c1-2-11(14)13-12(9-5-3-6-9)10-7-4-8-15-10/h2,9-10,12H,1,3-8H2,(H,13,14). The van der Waals surface area contributed by atoms with Gasteiger partial charge in [0.25, 0.3) is 0 Å². The molecule has 0 spiro atoms. The minimum atomic E-state index is -0.0672. The fraction of sp³-hybridized carbons (Fsp3) is 0.750. The lowest BCUT2D eigenvalue weighted by molar-refractivity contribution is -0.119. The topological polar surface area (TPSA) is 38.3 Å². The molecule has 1 N–H and O–H groups in total. The first kappa shape index (κ1) is 10.7. The Morgan fingerprint density at radius 1 is 1.40 bits per heavy atom. The fourth-order valence-corrected chi connectivity index (χ4v) is 2.42. The van der Waals surface area contributed by atoms with Crippen LogP contribution in [0, 0.1) is 5.92 Å². The smallest absolute Gasteiger partial charge is 0.243 e. The molecule has 2 unspecified atom stereocenters. The molecule has 0 radical (unpaired) electrons. The molecule has 0 aromatic heterocycles. The predicted octanol–water partition coefficient (Wildman–Crippen LogP) is 1.64. The van der Waals surface area contributed by atoms with E-state index in [0.717, 1.165) is 19.4 Å². The number of carbonyl (C=O) groups is 1. The van der Waals surface area contributed by atoms with E-state index in [-0.39, 0.29) is 18.1 Å². The number of amides is 1. The zero-order chi connectivity index (χ0) is 10.7. The van der Waals surface area contributed by atoms with E-state index >= 15 is 0 Å². The normalized spacial score (nSPS) is 28.1. The Bertz CT molecular complexity index is 242. The highest BCUT2D eigenvalue weighted by Crippen LogP contribution is 2.34. The van der Waals surface area contributed by atoms with Crippen molar-refractivity contribution in [1.82, 2.24) is 5.32 Å². The Morgan fingerprint density at radius 3 is 2.67 bits per heavy atom. The number of rotatable bonds is 4. The van der Waals surface area contributed by atoms with Crippen LogP contribution >= 0.6 is 0 Å². The highest BCUT2D eigenvalue weighted by Gasteiger charge is 2.36. The van der Waals surface area contributed by atoms with E-state index in [0.29, 0.717) is 5.92 Å². The largest absolute Gasteiger partial charge is 0.376 e. The second-order valence-corrected chi connectivity index (χ2v) is 4.48. The monoisotopic (exact) mass is 209 g/mol. The van der Waals surface area contributed by atoms with Gasteiger partial charge >= 0.3 is 0 Å². The molecule has 15 heavy (non-hydrogen) atoms. The molecule has 1 aliphatic heterocycles. The van der Waals surface area contributed by atoms with E-state index in [4.69, 9.17) is 4.74 Å². The maximum Gasteiger partial charge on any atom is 0.243 e. The van der Waals surface area contributed by atoms with Crippen LogP contribution in [0.1, 0.15) is 32.1 Å². The summed E-state index contributed by atoms with van der Waals surface area (Å²) in [4.78, 5) is 11.3. The Labute approximate surface area is 90.9 Å². The highest BCUT2D eigenvalue weighted by molar-refractivity contribution is 5.87. The van der Waals surface area contributed by atoms with E-state index in [1.54, 1.807) is 0 Å². The molecule has 2 atom stereocenters. The molecular formula is C12H19NO2. The molecule has 84 valence electrons. The zero-order valence-corrected chi connectivity index (χ0v) is 9.08. The average Bonchev–Trinajstić information content (AvgIpc) is 2.66. The lowest BCUT2D eigenvalue weighted by Crippen LogP contribution is -2.49. The molecule has 1 aliphatic carbocycles. The molecule has 0 aromatic rings. The van der Waals surface area contributed by atoms with E-state index in [9.17, 15) is 4.79 Å². The van der Waals surface area contributed by atoms with Crippen molar-refractivity contribution in [1.29, 1.82) is 0 Å². The third-order valence-corrected chi connectivity index (χ3v) is 3.52. The molecule has 2 aliphatic rings. The van der Waals surface area contributed by atoms with Crippen molar-refractivity contribution in [2.24, 2.45) is 5.92 Å². The fourth-order valence-electron chi connectivity index (χ4n) is 2.42. The van der Waals surface area contributed by atoms with E-state index in [1.807, 2.05) is 0 Å². The number of nitrogens with one attached hydrogen (secondary N) is 1. The highest BCUT2D eigenvalue weighted by atomic mass is 16.5. The van der Waals surface area contributed by atoms with Crippen LogP contribution in [0.4, 0.5) is 0 Å². The van der Waals surface area contributed by atoms with E-state index in [2.05, 4.69) is 11.9 Å². The summed E-state index contributed by atoms with van der Waals surface area (Å²) in [6.45, 7) is 4.34. The van der Waals surface area contributed by atoms with Crippen molar-refractivity contribution in [3.63, 3.8) is 0 Å². The number of ether oxygens (including phenoxy) is 1. The van der Waals surface area contributed by atoms with Gasteiger partial charge in [-0.3, -0.25) is 4.79 Å². The quantitative estimate of drug-likeness (QED) is 0.715. The summed E-state index contributed by atoms with van der Waals surface area (Å²) in [5, 5.41) is 3.03. The summed E-state index contributed by atoms with van der Waals surface area (Å²) in [6.07, 6.45) is 7.53. The Balaban J connectivity index is 1.94. The van der Waals surface area contributed by atoms with Gasteiger partial charge in [0.15, 0.2) is 0 Å². The zero-order valence-electron chi connectivity index (χ0n) is 9.08. The number of hydrogen-bond acceptors (Lipinski definition) is 2. The van der Waals surface area contributed by atoms with Crippen LogP contribution in [0.25, 0.3) is 0 Å². The van der Waals surface area contributed by atoms with Crippen LogP contribution < -0.4 is 5.32 Å². The second kappa shape index (κ2) is 4.79. The average molecular weight is 209 g/mol. The predicted molar refractivity (Wildman–Crippen MR) is 58.4 cm³/mol. The van der Waals surface area contributed by atoms with Gasteiger partial charge in [-0.05, 0) is 37.7 Å². The SMILES string of the molecule is C=CC(=O)NC(C1CCC1)C1CCCO1. The van der Waals surface area contributed by atoms with Crippen molar-refractivity contribution >= 4 is 5.91 Å². The lowest BCUT2D eigenvalue weighted by atomic mass is 9.77. The van der Waals surface area contributed by atoms with Gasteiger partial charge in [0.1, 0.15) is 0 Å². The molecule has 3 nitrogen and oxygen atoms in total. The first-order chi connectivity index (χ1) is 7.31. The molecule has 1 saturated heterocycles. The second-order valence-electron chi connectivity index (χ2n) is 4.48. The molecule has 2 fully saturated rings. The number of carbonyl (C=O) groups excluding carboxylic acids is 1. The van der Waals surface area contributed by atoms with Gasteiger partial charge in [-0.2, -0.15) is 0 Å². The van der Waals surface area contributed by atoms with Crippen LogP contribution in [0.2, 0.25) is 0 Å². The Hall–Kier alpha value is -0.830. The van der Waals surface area contributed by atoms with Crippen LogP contribution in [0.3, 0.4) is 0 Å². The summed E-state index contributed by atoms with van der Waals surface area (Å²) in [5.41, 5.74) is 0.